The summed E-state index contributed by atoms with van der Waals surface area (Å²) in [6, 6.07) is 19.7. The molecule has 7 heteroatoms. The quantitative estimate of drug-likeness (QED) is 0.213. The van der Waals surface area contributed by atoms with E-state index in [0.29, 0.717) is 11.6 Å². The lowest BCUT2D eigenvalue weighted by atomic mass is 10.1. The van der Waals surface area contributed by atoms with Crippen LogP contribution in [-0.2, 0) is 6.54 Å². The fraction of sp³-hybridized carbons (Fsp3) is 0.0952. The monoisotopic (exact) mass is 391 g/mol. The van der Waals surface area contributed by atoms with Gasteiger partial charge in [-0.25, -0.2) is 0 Å². The Morgan fingerprint density at radius 3 is 2.64 bits per heavy atom. The number of nitrogens with zero attached hydrogens (tertiary/aromatic N) is 3. The fourth-order valence-electron chi connectivity index (χ4n) is 3.54. The molecule has 0 saturated carbocycles. The highest BCUT2D eigenvalue weighted by Gasteiger charge is 2.14. The Labute approximate surface area is 166 Å². The van der Waals surface area contributed by atoms with Crippen LogP contribution in [0.1, 0.15) is 11.1 Å². The number of nitrogens with one attached hydrogen (secondary N) is 1. The van der Waals surface area contributed by atoms with Gasteiger partial charge in [0.2, 0.25) is 0 Å². The highest BCUT2D eigenvalue weighted by molar-refractivity contribution is 6.30. The summed E-state index contributed by atoms with van der Waals surface area (Å²) in [5.74, 6) is 1.01. The molecule has 0 bridgehead atoms. The van der Waals surface area contributed by atoms with E-state index >= 15 is 0 Å². The van der Waals surface area contributed by atoms with Gasteiger partial charge in [0, 0.05) is 38.0 Å². The molecule has 140 valence electrons. The van der Waals surface area contributed by atoms with E-state index < -0.39 is 0 Å². The lowest BCUT2D eigenvalue weighted by Gasteiger charge is -2.12. The number of fused-ring (bicyclic) bond motifs is 3. The molecule has 0 saturated heterocycles. The van der Waals surface area contributed by atoms with Crippen LogP contribution >= 0.6 is 11.6 Å². The number of methoxy groups -OCH3 is 1. The summed E-state index contributed by atoms with van der Waals surface area (Å²) in [7, 11) is 1.66. The predicted octanol–water partition coefficient (Wildman–Crippen LogP) is 5.16. The van der Waals surface area contributed by atoms with E-state index in [4.69, 9.17) is 27.6 Å². The van der Waals surface area contributed by atoms with E-state index in [0.717, 1.165) is 38.7 Å². The zero-order valence-corrected chi connectivity index (χ0v) is 15.9. The molecule has 0 atom stereocenters. The lowest BCUT2D eigenvalue weighted by Crippen LogP contribution is -2.12. The molecule has 0 amide bonds. The largest absolute Gasteiger partial charge is 0.496 e. The molecule has 0 unspecified atom stereocenters. The Balaban J connectivity index is 1.94. The van der Waals surface area contributed by atoms with Gasteiger partial charge in [0.15, 0.2) is 5.84 Å². The van der Waals surface area contributed by atoms with Crippen molar-refractivity contribution in [3.8, 4) is 5.75 Å². The Bertz CT molecular complexity index is 1230. The number of amidine groups is 1. The highest BCUT2D eigenvalue weighted by atomic mass is 35.5. The minimum absolute atomic E-state index is 0.213. The van der Waals surface area contributed by atoms with Crippen molar-refractivity contribution in [2.24, 2.45) is 16.1 Å². The summed E-state index contributed by atoms with van der Waals surface area (Å²) in [6.07, 6.45) is 0. The summed E-state index contributed by atoms with van der Waals surface area (Å²) in [5, 5.41) is 9.49. The molecular formula is C21H18ClN5O. The van der Waals surface area contributed by atoms with Gasteiger partial charge in [-0.1, -0.05) is 35.0 Å². The summed E-state index contributed by atoms with van der Waals surface area (Å²) in [4.78, 5) is 0. The van der Waals surface area contributed by atoms with Crippen molar-refractivity contribution in [3.63, 3.8) is 0 Å². The van der Waals surface area contributed by atoms with E-state index in [-0.39, 0.29) is 5.84 Å². The van der Waals surface area contributed by atoms with Crippen molar-refractivity contribution in [1.82, 2.24) is 4.57 Å². The van der Waals surface area contributed by atoms with E-state index in [2.05, 4.69) is 27.0 Å². The summed E-state index contributed by atoms with van der Waals surface area (Å²) in [5.41, 5.74) is 16.7. The first-order chi connectivity index (χ1) is 13.6. The standard InChI is InChI=1S/C21H18ClN5O/c1-28-20-9-7-15(22)10-14(20)12-27-18-5-3-2-4-16(18)17-11-13(6-8-19(17)27)21(23)25-26-24/h2-11H,12H2,1H3,(H3,23,24,25). The smallest absolute Gasteiger partial charge is 0.155 e. The van der Waals surface area contributed by atoms with Crippen LogP contribution in [0.3, 0.4) is 0 Å². The number of halogens is 1. The van der Waals surface area contributed by atoms with Crippen LogP contribution in [0.2, 0.25) is 5.02 Å². The first kappa shape index (κ1) is 18.0. The molecule has 0 radical (unpaired) electrons. The van der Waals surface area contributed by atoms with Gasteiger partial charge >= 0.3 is 0 Å². The van der Waals surface area contributed by atoms with E-state index in [1.807, 2.05) is 48.5 Å². The fourth-order valence-corrected chi connectivity index (χ4v) is 3.73. The Morgan fingerprint density at radius 1 is 1.07 bits per heavy atom. The minimum atomic E-state index is 0.213. The number of ether oxygens (including phenoxy) is 1. The summed E-state index contributed by atoms with van der Waals surface area (Å²) < 4.78 is 7.75. The molecule has 1 heterocycles. The van der Waals surface area contributed by atoms with Crippen LogP contribution in [0, 0.1) is 5.53 Å². The van der Waals surface area contributed by atoms with Crippen molar-refractivity contribution in [2.45, 2.75) is 6.54 Å². The van der Waals surface area contributed by atoms with Gasteiger partial charge in [0.25, 0.3) is 0 Å². The summed E-state index contributed by atoms with van der Waals surface area (Å²) in [6.45, 7) is 0.610. The lowest BCUT2D eigenvalue weighted by molar-refractivity contribution is 0.409. The van der Waals surface area contributed by atoms with Crippen LogP contribution in [0.15, 0.2) is 71.0 Å². The van der Waals surface area contributed by atoms with Gasteiger partial charge in [-0.2, -0.15) is 5.53 Å². The second kappa shape index (κ2) is 7.32. The molecule has 6 nitrogen and oxygen atoms in total. The third-order valence-electron chi connectivity index (χ3n) is 4.80. The molecule has 3 aromatic carbocycles. The molecule has 28 heavy (non-hydrogen) atoms. The molecular weight excluding hydrogens is 374 g/mol. The Kier molecular flexibility index (Phi) is 4.71. The van der Waals surface area contributed by atoms with Crippen LogP contribution in [0.5, 0.6) is 5.75 Å². The maximum absolute atomic E-state index is 6.89. The normalized spacial score (nSPS) is 11.9. The predicted molar refractivity (Wildman–Crippen MR) is 112 cm³/mol. The van der Waals surface area contributed by atoms with Crippen molar-refractivity contribution in [2.75, 3.05) is 7.11 Å². The maximum atomic E-state index is 6.89. The van der Waals surface area contributed by atoms with Crippen molar-refractivity contribution in [3.05, 3.63) is 76.8 Å². The first-order valence-corrected chi connectivity index (χ1v) is 9.04. The van der Waals surface area contributed by atoms with Crippen molar-refractivity contribution >= 4 is 39.2 Å². The van der Waals surface area contributed by atoms with Crippen molar-refractivity contribution in [1.29, 1.82) is 5.53 Å². The van der Waals surface area contributed by atoms with E-state index in [9.17, 15) is 0 Å². The van der Waals surface area contributed by atoms with Gasteiger partial charge < -0.3 is 15.0 Å². The first-order valence-electron chi connectivity index (χ1n) is 8.66. The Hall–Kier alpha value is -3.38. The van der Waals surface area contributed by atoms with E-state index in [1.54, 1.807) is 7.11 Å². The topological polar surface area (TPSA) is 88.8 Å². The average molecular weight is 392 g/mol. The third kappa shape index (κ3) is 3.08. The van der Waals surface area contributed by atoms with Gasteiger partial charge in [-0.05, 0) is 42.5 Å². The molecule has 0 fully saturated rings. The number of nitrogens with two attached hydrogens (primary N) is 1. The second-order valence-electron chi connectivity index (χ2n) is 6.38. The molecule has 0 aliphatic heterocycles. The van der Waals surface area contributed by atoms with Gasteiger partial charge in [-0.15, -0.1) is 5.10 Å². The molecule has 0 aliphatic rings. The number of para-hydroxylation sites is 1. The number of hydrogen-bond donors (Lipinski definition) is 2. The molecule has 4 rings (SSSR count). The number of rotatable bonds is 5. The number of aromatic nitrogens is 1. The summed E-state index contributed by atoms with van der Waals surface area (Å²) >= 11 is 6.22. The average Bonchev–Trinajstić information content (AvgIpc) is 3.02. The van der Waals surface area contributed by atoms with Gasteiger partial charge in [-0.3, -0.25) is 0 Å². The van der Waals surface area contributed by atoms with E-state index in [1.165, 1.54) is 0 Å². The van der Waals surface area contributed by atoms with Crippen LogP contribution in [-0.4, -0.2) is 17.5 Å². The third-order valence-corrected chi connectivity index (χ3v) is 5.03. The molecule has 4 aromatic rings. The highest BCUT2D eigenvalue weighted by Crippen LogP contribution is 2.32. The Morgan fingerprint density at radius 2 is 1.86 bits per heavy atom. The molecule has 0 spiro atoms. The van der Waals surface area contributed by atoms with Gasteiger partial charge in [0.1, 0.15) is 5.75 Å². The molecule has 3 N–H and O–H groups in total. The van der Waals surface area contributed by atoms with Crippen LogP contribution < -0.4 is 10.5 Å². The minimum Gasteiger partial charge on any atom is -0.496 e. The van der Waals surface area contributed by atoms with Crippen molar-refractivity contribution < 1.29 is 4.74 Å². The molecule has 0 aliphatic carbocycles. The SMILES string of the molecule is COc1ccc(Cl)cc1Cn1c2ccccc2c2cc(C(N)=NN=N)ccc21. The maximum Gasteiger partial charge on any atom is 0.155 e. The number of hydrogen-bond acceptors (Lipinski definition) is 3. The van der Waals surface area contributed by atoms with Crippen LogP contribution in [0.25, 0.3) is 21.8 Å². The van der Waals surface area contributed by atoms with Crippen LogP contribution in [0.4, 0.5) is 0 Å². The second-order valence-corrected chi connectivity index (χ2v) is 6.81. The number of benzene rings is 3. The zero-order valence-electron chi connectivity index (χ0n) is 15.2. The zero-order chi connectivity index (χ0) is 19.7. The molecule has 1 aromatic heterocycles. The van der Waals surface area contributed by atoms with Gasteiger partial charge in [0.05, 0.1) is 13.7 Å².